The van der Waals surface area contributed by atoms with Crippen molar-refractivity contribution in [1.29, 1.82) is 0 Å². The van der Waals surface area contributed by atoms with Crippen molar-refractivity contribution in [3.63, 3.8) is 0 Å². The predicted molar refractivity (Wildman–Crippen MR) is 139 cm³/mol. The Kier molecular flexibility index (Phi) is 5.98. The molecule has 2 heterocycles. The maximum absolute atomic E-state index is 13.8. The van der Waals surface area contributed by atoms with Crippen LogP contribution in [0.4, 0.5) is 11.4 Å². The zero-order valence-electron chi connectivity index (χ0n) is 20.3. The molecule has 3 aromatic carbocycles. The summed E-state index contributed by atoms with van der Waals surface area (Å²) in [7, 11) is 3.86. The topological polar surface area (TPSA) is 83.2 Å². The van der Waals surface area contributed by atoms with E-state index in [4.69, 9.17) is 9.15 Å². The predicted octanol–water partition coefficient (Wildman–Crippen LogP) is 5.68. The first-order valence-electron chi connectivity index (χ1n) is 11.7. The molecule has 1 unspecified atom stereocenters. The summed E-state index contributed by atoms with van der Waals surface area (Å²) in [5.41, 5.74) is 2.68. The average Bonchev–Trinajstić information content (AvgIpc) is 3.43. The van der Waals surface area contributed by atoms with Crippen molar-refractivity contribution in [2.45, 2.75) is 13.0 Å². The summed E-state index contributed by atoms with van der Waals surface area (Å²) >= 11 is 0. The second kappa shape index (κ2) is 9.26. The fourth-order valence-corrected chi connectivity index (χ4v) is 4.49. The molecule has 1 N–H and O–H groups in total. The van der Waals surface area contributed by atoms with Crippen LogP contribution in [0.25, 0.3) is 11.0 Å². The minimum absolute atomic E-state index is 0.0292. The van der Waals surface area contributed by atoms with Gasteiger partial charge in [0.1, 0.15) is 11.3 Å². The number of anilines is 2. The molecule has 182 valence electrons. The number of furan rings is 1. The monoisotopic (exact) mass is 482 g/mol. The average molecular weight is 483 g/mol. The number of benzene rings is 3. The first-order valence-corrected chi connectivity index (χ1v) is 11.7. The van der Waals surface area contributed by atoms with Gasteiger partial charge < -0.3 is 19.2 Å². The van der Waals surface area contributed by atoms with Crippen molar-refractivity contribution in [2.24, 2.45) is 0 Å². The van der Waals surface area contributed by atoms with E-state index >= 15 is 0 Å². The number of hydrogen-bond donors (Lipinski definition) is 1. The highest BCUT2D eigenvalue weighted by molar-refractivity contribution is 6.20. The van der Waals surface area contributed by atoms with Gasteiger partial charge in [-0.2, -0.15) is 0 Å². The number of nitrogens with zero attached hydrogens (tertiary/aromatic N) is 2. The molecule has 1 atom stereocenters. The van der Waals surface area contributed by atoms with E-state index in [1.807, 2.05) is 68.4 Å². The van der Waals surface area contributed by atoms with Gasteiger partial charge in [0.05, 0.1) is 18.2 Å². The van der Waals surface area contributed by atoms with Crippen molar-refractivity contribution in [2.75, 3.05) is 30.5 Å². The van der Waals surface area contributed by atoms with E-state index in [2.05, 4.69) is 0 Å². The molecule has 0 aliphatic carbocycles. The molecule has 4 aromatic rings. The summed E-state index contributed by atoms with van der Waals surface area (Å²) in [6.07, 6.45) is 0. The molecule has 1 aromatic heterocycles. The molecule has 1 aliphatic rings. The van der Waals surface area contributed by atoms with Crippen LogP contribution in [0.1, 0.15) is 29.1 Å². The van der Waals surface area contributed by atoms with Crippen molar-refractivity contribution >= 4 is 34.0 Å². The van der Waals surface area contributed by atoms with Crippen LogP contribution in [0.5, 0.6) is 5.75 Å². The number of fused-ring (bicyclic) bond motifs is 1. The van der Waals surface area contributed by atoms with Crippen molar-refractivity contribution < 1.29 is 23.8 Å². The minimum atomic E-state index is -0.855. The zero-order chi connectivity index (χ0) is 25.4. The Balaban J connectivity index is 1.64. The van der Waals surface area contributed by atoms with Gasteiger partial charge in [0, 0.05) is 36.9 Å². The first kappa shape index (κ1) is 23.2. The van der Waals surface area contributed by atoms with Crippen LogP contribution >= 0.6 is 0 Å². The van der Waals surface area contributed by atoms with E-state index in [0.29, 0.717) is 29.2 Å². The Bertz CT molecular complexity index is 1450. The lowest BCUT2D eigenvalue weighted by Gasteiger charge is -2.27. The summed E-state index contributed by atoms with van der Waals surface area (Å²) in [5, 5.41) is 11.8. The smallest absolute Gasteiger partial charge is 0.294 e. The molecule has 0 radical (unpaired) electrons. The van der Waals surface area contributed by atoms with Gasteiger partial charge in [0.15, 0.2) is 11.5 Å². The lowest BCUT2D eigenvalue weighted by molar-refractivity contribution is -0.117. The van der Waals surface area contributed by atoms with Crippen LogP contribution in [0.2, 0.25) is 0 Å². The number of carbonyl (C=O) groups excluding carboxylic acids is 2. The van der Waals surface area contributed by atoms with E-state index in [9.17, 15) is 14.7 Å². The number of rotatable bonds is 7. The van der Waals surface area contributed by atoms with Gasteiger partial charge in [-0.3, -0.25) is 14.5 Å². The van der Waals surface area contributed by atoms with E-state index in [1.54, 1.807) is 36.4 Å². The Morgan fingerprint density at radius 1 is 1.03 bits per heavy atom. The number of ether oxygens (including phenoxy) is 1. The summed E-state index contributed by atoms with van der Waals surface area (Å²) < 4.78 is 11.4. The molecule has 1 amide bonds. The third kappa shape index (κ3) is 3.98. The molecule has 0 bridgehead atoms. The second-order valence-electron chi connectivity index (χ2n) is 8.73. The first-order chi connectivity index (χ1) is 17.4. The highest BCUT2D eigenvalue weighted by atomic mass is 16.5. The molecule has 1 aliphatic heterocycles. The maximum Gasteiger partial charge on any atom is 0.294 e. The van der Waals surface area contributed by atoms with E-state index in [1.165, 1.54) is 4.90 Å². The number of para-hydroxylation sites is 1. The van der Waals surface area contributed by atoms with Gasteiger partial charge in [-0.1, -0.05) is 36.4 Å². The van der Waals surface area contributed by atoms with Crippen LogP contribution < -0.4 is 14.5 Å². The SMILES string of the molecule is CCOc1cccc(N2C(=O)C(O)=C(C(=O)c3cc4ccccc4o3)C2c2ccc(N(C)C)cc2)c1. The molecular weight excluding hydrogens is 456 g/mol. The van der Waals surface area contributed by atoms with E-state index < -0.39 is 23.5 Å². The van der Waals surface area contributed by atoms with Crippen LogP contribution in [-0.2, 0) is 4.79 Å². The van der Waals surface area contributed by atoms with Crippen LogP contribution in [-0.4, -0.2) is 37.5 Å². The minimum Gasteiger partial charge on any atom is -0.503 e. The largest absolute Gasteiger partial charge is 0.503 e. The van der Waals surface area contributed by atoms with E-state index in [-0.39, 0.29) is 11.3 Å². The molecule has 7 nitrogen and oxygen atoms in total. The fourth-order valence-electron chi connectivity index (χ4n) is 4.49. The quantitative estimate of drug-likeness (QED) is 0.341. The summed E-state index contributed by atoms with van der Waals surface area (Å²) in [6, 6.07) is 22.6. The summed E-state index contributed by atoms with van der Waals surface area (Å²) in [5.74, 6) is -1.15. The number of ketones is 1. The van der Waals surface area contributed by atoms with Crippen molar-refractivity contribution in [1.82, 2.24) is 0 Å². The molecule has 0 spiro atoms. The zero-order valence-corrected chi connectivity index (χ0v) is 20.3. The van der Waals surface area contributed by atoms with Gasteiger partial charge in [0.2, 0.25) is 5.78 Å². The summed E-state index contributed by atoms with van der Waals surface area (Å²) in [4.78, 5) is 30.6. The van der Waals surface area contributed by atoms with E-state index in [0.717, 1.165) is 11.1 Å². The molecule has 0 saturated carbocycles. The van der Waals surface area contributed by atoms with Gasteiger partial charge in [-0.05, 0) is 48.9 Å². The Morgan fingerprint density at radius 3 is 2.47 bits per heavy atom. The number of Topliss-reactive ketones (excluding diaryl/α,β-unsaturated/α-hetero) is 1. The lowest BCUT2D eigenvalue weighted by Crippen LogP contribution is -2.31. The molecule has 0 fully saturated rings. The third-order valence-corrected chi connectivity index (χ3v) is 6.23. The number of carbonyl (C=O) groups is 2. The van der Waals surface area contributed by atoms with Crippen LogP contribution in [0, 0.1) is 0 Å². The maximum atomic E-state index is 13.8. The highest BCUT2D eigenvalue weighted by Gasteiger charge is 2.45. The second-order valence-corrected chi connectivity index (χ2v) is 8.73. The third-order valence-electron chi connectivity index (χ3n) is 6.23. The standard InChI is InChI=1S/C29H26N2O5/c1-4-35-22-10-7-9-21(17-22)31-26(18-12-14-20(15-13-18)30(2)3)25(28(33)29(31)34)27(32)24-16-19-8-5-6-11-23(19)36-24/h5-17,26,33H,4H2,1-3H3. The van der Waals surface area contributed by atoms with Crippen molar-refractivity contribution in [3.05, 3.63) is 102 Å². The Labute approximate surface area is 208 Å². The Morgan fingerprint density at radius 2 is 1.78 bits per heavy atom. The summed E-state index contributed by atoms with van der Waals surface area (Å²) in [6.45, 7) is 2.34. The fraction of sp³-hybridized carbons (Fsp3) is 0.172. The van der Waals surface area contributed by atoms with Crippen molar-refractivity contribution in [3.8, 4) is 5.75 Å². The van der Waals surface area contributed by atoms with Gasteiger partial charge in [-0.15, -0.1) is 0 Å². The number of aliphatic hydroxyl groups excluding tert-OH is 1. The van der Waals surface area contributed by atoms with Gasteiger partial charge >= 0.3 is 0 Å². The highest BCUT2D eigenvalue weighted by Crippen LogP contribution is 2.43. The molecule has 5 rings (SSSR count). The molecular formula is C29H26N2O5. The molecule has 7 heteroatoms. The Hall–Kier alpha value is -4.52. The van der Waals surface area contributed by atoms with Gasteiger partial charge in [0.25, 0.3) is 5.91 Å². The van der Waals surface area contributed by atoms with Crippen LogP contribution in [0.3, 0.4) is 0 Å². The number of hydrogen-bond acceptors (Lipinski definition) is 6. The molecule has 0 saturated heterocycles. The van der Waals surface area contributed by atoms with Crippen LogP contribution in [0.15, 0.2) is 94.6 Å². The molecule has 36 heavy (non-hydrogen) atoms. The lowest BCUT2D eigenvalue weighted by atomic mass is 9.94. The van der Waals surface area contributed by atoms with Gasteiger partial charge in [-0.25, -0.2) is 0 Å². The normalized spacial score (nSPS) is 15.6. The number of amides is 1. The number of aliphatic hydroxyl groups is 1.